The Kier molecular flexibility index (Phi) is 3.68. The van der Waals surface area contributed by atoms with Gasteiger partial charge in [0, 0.05) is 12.6 Å². The van der Waals surface area contributed by atoms with E-state index in [-0.39, 0.29) is 6.54 Å². The lowest BCUT2D eigenvalue weighted by Gasteiger charge is -2.06. The number of nitriles is 1. The molecule has 0 radical (unpaired) electrons. The van der Waals surface area contributed by atoms with Gasteiger partial charge in [-0.15, -0.1) is 0 Å². The van der Waals surface area contributed by atoms with Crippen molar-refractivity contribution in [1.29, 1.82) is 5.26 Å². The van der Waals surface area contributed by atoms with E-state index in [4.69, 9.17) is 10.00 Å². The molecule has 74 valence electrons. The number of rotatable bonds is 4. The van der Waals surface area contributed by atoms with Crippen molar-refractivity contribution < 1.29 is 9.13 Å². The fourth-order valence-corrected chi connectivity index (χ4v) is 0.965. The Morgan fingerprint density at radius 2 is 2.50 bits per heavy atom. The van der Waals surface area contributed by atoms with Crippen LogP contribution in [-0.2, 0) is 0 Å². The largest absolute Gasteiger partial charge is 0.481 e. The SMILES string of the molecule is COc1cc(NCCF)c(C#N)cn1. The second-order valence-corrected chi connectivity index (χ2v) is 2.50. The van der Waals surface area contributed by atoms with Gasteiger partial charge in [-0.1, -0.05) is 0 Å². The maximum Gasteiger partial charge on any atom is 0.215 e. The standard InChI is InChI=1S/C9H10FN3O/c1-14-9-4-8(12-3-2-10)7(5-11)6-13-9/h4,6H,2-3H2,1H3,(H,12,13). The molecule has 0 saturated heterocycles. The van der Waals surface area contributed by atoms with E-state index in [2.05, 4.69) is 10.3 Å². The topological polar surface area (TPSA) is 57.9 Å². The predicted octanol–water partition coefficient (Wildman–Crippen LogP) is 1.34. The van der Waals surface area contributed by atoms with E-state index in [1.165, 1.54) is 13.3 Å². The van der Waals surface area contributed by atoms with Crippen LogP contribution < -0.4 is 10.1 Å². The third kappa shape index (κ3) is 2.33. The fourth-order valence-electron chi connectivity index (χ4n) is 0.965. The zero-order chi connectivity index (χ0) is 10.4. The van der Waals surface area contributed by atoms with Gasteiger partial charge in [-0.2, -0.15) is 5.26 Å². The molecule has 0 atom stereocenters. The maximum atomic E-state index is 11.9. The van der Waals surface area contributed by atoms with Crippen molar-refractivity contribution in [3.63, 3.8) is 0 Å². The van der Waals surface area contributed by atoms with Crippen LogP contribution in [0.1, 0.15) is 5.56 Å². The van der Waals surface area contributed by atoms with E-state index >= 15 is 0 Å². The molecule has 1 heterocycles. The van der Waals surface area contributed by atoms with Gasteiger partial charge in [0.1, 0.15) is 12.7 Å². The molecule has 4 nitrogen and oxygen atoms in total. The number of nitrogens with one attached hydrogen (secondary N) is 1. The van der Waals surface area contributed by atoms with Crippen molar-refractivity contribution in [2.45, 2.75) is 0 Å². The summed E-state index contributed by atoms with van der Waals surface area (Å²) in [6, 6.07) is 3.52. The normalized spacial score (nSPS) is 9.21. The average molecular weight is 195 g/mol. The van der Waals surface area contributed by atoms with Crippen LogP contribution in [0.25, 0.3) is 0 Å². The number of anilines is 1. The molecule has 1 aromatic heterocycles. The van der Waals surface area contributed by atoms with E-state index in [9.17, 15) is 4.39 Å². The molecule has 0 amide bonds. The molecule has 0 aromatic carbocycles. The van der Waals surface area contributed by atoms with Crippen LogP contribution in [0.4, 0.5) is 10.1 Å². The minimum absolute atomic E-state index is 0.168. The summed E-state index contributed by atoms with van der Waals surface area (Å²) in [7, 11) is 1.48. The molecule has 0 bridgehead atoms. The molecule has 0 unspecified atom stereocenters. The number of hydrogen-bond donors (Lipinski definition) is 1. The van der Waals surface area contributed by atoms with E-state index in [1.807, 2.05) is 6.07 Å². The van der Waals surface area contributed by atoms with Gasteiger partial charge in [-0.05, 0) is 0 Å². The summed E-state index contributed by atoms with van der Waals surface area (Å²) in [4.78, 5) is 3.86. The molecule has 0 aliphatic rings. The molecule has 5 heteroatoms. The van der Waals surface area contributed by atoms with E-state index in [1.54, 1.807) is 6.07 Å². The van der Waals surface area contributed by atoms with Gasteiger partial charge in [0.2, 0.25) is 5.88 Å². The lowest BCUT2D eigenvalue weighted by Crippen LogP contribution is -2.05. The van der Waals surface area contributed by atoms with Gasteiger partial charge in [0.25, 0.3) is 0 Å². The second-order valence-electron chi connectivity index (χ2n) is 2.50. The highest BCUT2D eigenvalue weighted by Gasteiger charge is 2.03. The molecule has 0 fully saturated rings. The summed E-state index contributed by atoms with van der Waals surface area (Å²) in [5.74, 6) is 0.394. The number of methoxy groups -OCH3 is 1. The van der Waals surface area contributed by atoms with Crippen LogP contribution in [0.2, 0.25) is 0 Å². The number of halogens is 1. The van der Waals surface area contributed by atoms with Crippen molar-refractivity contribution in [2.75, 3.05) is 25.6 Å². The Morgan fingerprint density at radius 1 is 1.71 bits per heavy atom. The highest BCUT2D eigenvalue weighted by atomic mass is 19.1. The number of nitrogens with zero attached hydrogens (tertiary/aromatic N) is 2. The smallest absolute Gasteiger partial charge is 0.215 e. The first-order valence-corrected chi connectivity index (χ1v) is 4.05. The third-order valence-corrected chi connectivity index (χ3v) is 1.62. The first kappa shape index (κ1) is 10.3. The molecule has 0 aliphatic carbocycles. The molecule has 0 spiro atoms. The lowest BCUT2D eigenvalue weighted by molar-refractivity contribution is 0.398. The monoisotopic (exact) mass is 195 g/mol. The van der Waals surface area contributed by atoms with Crippen molar-refractivity contribution in [1.82, 2.24) is 4.98 Å². The second kappa shape index (κ2) is 5.02. The molecule has 1 N–H and O–H groups in total. The minimum atomic E-state index is -0.491. The van der Waals surface area contributed by atoms with Crippen LogP contribution in [0.5, 0.6) is 5.88 Å². The highest BCUT2D eigenvalue weighted by molar-refractivity contribution is 5.58. The Hall–Kier alpha value is -1.83. The van der Waals surface area contributed by atoms with Crippen molar-refractivity contribution in [2.24, 2.45) is 0 Å². The predicted molar refractivity (Wildman–Crippen MR) is 50.0 cm³/mol. The van der Waals surface area contributed by atoms with Gasteiger partial charge in [0.05, 0.1) is 24.6 Å². The van der Waals surface area contributed by atoms with E-state index < -0.39 is 6.67 Å². The first-order valence-electron chi connectivity index (χ1n) is 4.05. The summed E-state index contributed by atoms with van der Waals surface area (Å²) in [5, 5.41) is 11.5. The number of ether oxygens (including phenoxy) is 1. The summed E-state index contributed by atoms with van der Waals surface area (Å²) in [6.07, 6.45) is 1.39. The summed E-state index contributed by atoms with van der Waals surface area (Å²) in [5.41, 5.74) is 0.913. The quantitative estimate of drug-likeness (QED) is 0.787. The van der Waals surface area contributed by atoms with Crippen LogP contribution in [0, 0.1) is 11.3 Å². The first-order chi connectivity index (χ1) is 6.81. The minimum Gasteiger partial charge on any atom is -0.481 e. The fraction of sp³-hybridized carbons (Fsp3) is 0.333. The highest BCUT2D eigenvalue weighted by Crippen LogP contribution is 2.18. The molecular weight excluding hydrogens is 185 g/mol. The summed E-state index contributed by atoms with van der Waals surface area (Å²) in [6.45, 7) is -0.322. The van der Waals surface area contributed by atoms with E-state index in [0.29, 0.717) is 17.1 Å². The number of pyridine rings is 1. The lowest BCUT2D eigenvalue weighted by atomic mass is 10.2. The van der Waals surface area contributed by atoms with Crippen LogP contribution in [0.3, 0.4) is 0 Å². The number of aromatic nitrogens is 1. The molecular formula is C9H10FN3O. The summed E-state index contributed by atoms with van der Waals surface area (Å²) < 4.78 is 16.8. The molecule has 1 aromatic rings. The van der Waals surface area contributed by atoms with Crippen LogP contribution in [0.15, 0.2) is 12.3 Å². The number of alkyl halides is 1. The Labute approximate surface area is 81.3 Å². The van der Waals surface area contributed by atoms with Crippen LogP contribution in [-0.4, -0.2) is 25.3 Å². The molecule has 0 aliphatic heterocycles. The Bertz CT molecular complexity index is 348. The Morgan fingerprint density at radius 3 is 3.07 bits per heavy atom. The van der Waals surface area contributed by atoms with Crippen LogP contribution >= 0.6 is 0 Å². The zero-order valence-corrected chi connectivity index (χ0v) is 7.75. The van der Waals surface area contributed by atoms with E-state index in [0.717, 1.165) is 0 Å². The molecule has 1 rings (SSSR count). The zero-order valence-electron chi connectivity index (χ0n) is 7.75. The van der Waals surface area contributed by atoms with Gasteiger partial charge in [-0.3, -0.25) is 0 Å². The van der Waals surface area contributed by atoms with Gasteiger partial charge < -0.3 is 10.1 Å². The van der Waals surface area contributed by atoms with Gasteiger partial charge in [-0.25, -0.2) is 9.37 Å². The maximum absolute atomic E-state index is 11.9. The van der Waals surface area contributed by atoms with Crippen molar-refractivity contribution >= 4 is 5.69 Å². The van der Waals surface area contributed by atoms with Crippen molar-refractivity contribution in [3.8, 4) is 11.9 Å². The molecule has 0 saturated carbocycles. The molecule has 14 heavy (non-hydrogen) atoms. The Balaban J connectivity index is 2.91. The van der Waals surface area contributed by atoms with Gasteiger partial charge >= 0.3 is 0 Å². The average Bonchev–Trinajstić information content (AvgIpc) is 2.25. The number of hydrogen-bond acceptors (Lipinski definition) is 4. The summed E-state index contributed by atoms with van der Waals surface area (Å²) >= 11 is 0. The van der Waals surface area contributed by atoms with Gasteiger partial charge in [0.15, 0.2) is 0 Å². The third-order valence-electron chi connectivity index (χ3n) is 1.62. The van der Waals surface area contributed by atoms with Crippen molar-refractivity contribution in [3.05, 3.63) is 17.8 Å².